The third-order valence-electron chi connectivity index (χ3n) is 2.74. The number of ether oxygens (including phenoxy) is 2. The third-order valence-corrected chi connectivity index (χ3v) is 3.43. The van der Waals surface area contributed by atoms with E-state index in [1.54, 1.807) is 12.3 Å². The number of hydrogen-bond acceptors (Lipinski definition) is 5. The summed E-state index contributed by atoms with van der Waals surface area (Å²) in [4.78, 5) is 4.05. The van der Waals surface area contributed by atoms with Gasteiger partial charge in [0.25, 0.3) is 0 Å². The van der Waals surface area contributed by atoms with Gasteiger partial charge in [-0.15, -0.1) is 0 Å². The summed E-state index contributed by atoms with van der Waals surface area (Å²) in [5.74, 6) is 1.11. The normalized spacial score (nSPS) is 11.1. The number of aromatic nitrogens is 2. The van der Waals surface area contributed by atoms with E-state index in [-0.39, 0.29) is 5.95 Å². The summed E-state index contributed by atoms with van der Waals surface area (Å²) >= 11 is 12.5. The first-order chi connectivity index (χ1) is 9.97. The number of nitrogens with zero attached hydrogens (tertiary/aromatic N) is 3. The lowest BCUT2D eigenvalue weighted by molar-refractivity contribution is 0.355. The minimum absolute atomic E-state index is 0.275. The van der Waals surface area contributed by atoms with Crippen LogP contribution in [0.1, 0.15) is 11.3 Å². The van der Waals surface area contributed by atoms with Gasteiger partial charge in [-0.3, -0.25) is 0 Å². The fourth-order valence-corrected chi connectivity index (χ4v) is 2.38. The van der Waals surface area contributed by atoms with Gasteiger partial charge in [-0.1, -0.05) is 23.2 Å². The summed E-state index contributed by atoms with van der Waals surface area (Å²) in [7, 11) is 3.00. The van der Waals surface area contributed by atoms with Gasteiger partial charge < -0.3 is 15.2 Å². The second kappa shape index (κ2) is 6.24. The van der Waals surface area contributed by atoms with Crippen molar-refractivity contribution in [1.29, 1.82) is 0 Å². The first-order valence-electron chi connectivity index (χ1n) is 5.93. The Morgan fingerprint density at radius 1 is 1.33 bits per heavy atom. The lowest BCUT2D eigenvalue weighted by atomic mass is 10.2. The fraction of sp³-hybridized carbons (Fsp3) is 0.231. The van der Waals surface area contributed by atoms with Gasteiger partial charge in [0, 0.05) is 11.6 Å². The Hall–Kier alpha value is -1.92. The highest BCUT2D eigenvalue weighted by molar-refractivity contribution is 6.40. The van der Waals surface area contributed by atoms with Crippen molar-refractivity contribution in [3.05, 3.63) is 33.6 Å². The molecule has 0 amide bonds. The number of benzene rings is 1. The molecule has 2 rings (SSSR count). The predicted molar refractivity (Wildman–Crippen MR) is 83.9 cm³/mol. The van der Waals surface area contributed by atoms with Crippen LogP contribution in [0.4, 0.5) is 5.95 Å². The molecule has 0 saturated heterocycles. The Bertz CT molecular complexity index is 698. The largest absolute Gasteiger partial charge is 0.493 e. The first-order valence-corrected chi connectivity index (χ1v) is 6.69. The van der Waals surface area contributed by atoms with Gasteiger partial charge in [-0.2, -0.15) is 5.10 Å². The summed E-state index contributed by atoms with van der Waals surface area (Å²) in [6.07, 6.45) is 3.18. The Morgan fingerprint density at radius 3 is 2.57 bits per heavy atom. The second-order valence-electron chi connectivity index (χ2n) is 4.15. The maximum Gasteiger partial charge on any atom is 0.221 e. The standard InChI is InChI=1S/C13H14Cl2N4O2/c1-7-6-19(13(16)18-7)17-5-8-9(14)4-10(20-2)12(21-3)11(8)15/h4-6H,1-3H3,(H2,16,18). The van der Waals surface area contributed by atoms with Crippen molar-refractivity contribution in [2.75, 3.05) is 20.0 Å². The molecule has 112 valence electrons. The molecule has 0 aliphatic carbocycles. The minimum atomic E-state index is 0.275. The second-order valence-corrected chi connectivity index (χ2v) is 4.94. The SMILES string of the molecule is COc1cc(Cl)c(C=Nn2cc(C)nc2N)c(Cl)c1OC. The van der Waals surface area contributed by atoms with Crippen LogP contribution in [0.5, 0.6) is 11.5 Å². The summed E-state index contributed by atoms with van der Waals surface area (Å²) < 4.78 is 11.8. The highest BCUT2D eigenvalue weighted by atomic mass is 35.5. The third kappa shape index (κ3) is 3.06. The number of aryl methyl sites for hydroxylation is 1. The molecule has 0 unspecified atom stereocenters. The van der Waals surface area contributed by atoms with Crippen LogP contribution in [-0.4, -0.2) is 30.1 Å². The van der Waals surface area contributed by atoms with E-state index in [1.807, 2.05) is 6.92 Å². The molecule has 0 bridgehead atoms. The number of nitrogens with two attached hydrogens (primary N) is 1. The molecule has 0 fully saturated rings. The van der Waals surface area contributed by atoms with Gasteiger partial charge in [0.15, 0.2) is 11.5 Å². The Labute approximate surface area is 132 Å². The van der Waals surface area contributed by atoms with Gasteiger partial charge in [-0.25, -0.2) is 9.66 Å². The first kappa shape index (κ1) is 15.5. The van der Waals surface area contributed by atoms with Crippen molar-refractivity contribution in [3.8, 4) is 11.5 Å². The highest BCUT2D eigenvalue weighted by Crippen LogP contribution is 2.40. The van der Waals surface area contributed by atoms with Crippen LogP contribution in [-0.2, 0) is 0 Å². The number of anilines is 1. The van der Waals surface area contributed by atoms with E-state index in [0.29, 0.717) is 27.1 Å². The number of imidazole rings is 1. The maximum atomic E-state index is 6.27. The number of hydrogen-bond donors (Lipinski definition) is 1. The zero-order chi connectivity index (χ0) is 15.6. The van der Waals surface area contributed by atoms with Crippen LogP contribution < -0.4 is 15.2 Å². The molecular formula is C13H14Cl2N4O2. The van der Waals surface area contributed by atoms with Gasteiger partial charge in [0.05, 0.1) is 42.4 Å². The lowest BCUT2D eigenvalue weighted by Crippen LogP contribution is -1.99. The monoisotopic (exact) mass is 328 g/mol. The van der Waals surface area contributed by atoms with E-state index in [9.17, 15) is 0 Å². The van der Waals surface area contributed by atoms with E-state index >= 15 is 0 Å². The van der Waals surface area contributed by atoms with Crippen molar-refractivity contribution in [2.45, 2.75) is 6.92 Å². The van der Waals surface area contributed by atoms with Crippen molar-refractivity contribution < 1.29 is 9.47 Å². The molecule has 1 aromatic carbocycles. The molecule has 6 nitrogen and oxygen atoms in total. The topological polar surface area (TPSA) is 74.7 Å². The smallest absolute Gasteiger partial charge is 0.221 e. The van der Waals surface area contributed by atoms with Gasteiger partial charge in [0.1, 0.15) is 0 Å². The lowest BCUT2D eigenvalue weighted by Gasteiger charge is -2.12. The van der Waals surface area contributed by atoms with Crippen molar-refractivity contribution in [1.82, 2.24) is 9.66 Å². The molecular weight excluding hydrogens is 315 g/mol. The summed E-state index contributed by atoms with van der Waals surface area (Å²) in [6.45, 7) is 1.82. The zero-order valence-corrected chi connectivity index (χ0v) is 13.2. The molecule has 2 aromatic rings. The van der Waals surface area contributed by atoms with Crippen molar-refractivity contribution >= 4 is 35.4 Å². The number of nitrogen functional groups attached to an aromatic ring is 1. The number of methoxy groups -OCH3 is 2. The van der Waals surface area contributed by atoms with E-state index in [1.165, 1.54) is 25.1 Å². The average Bonchev–Trinajstić information content (AvgIpc) is 2.76. The van der Waals surface area contributed by atoms with Crippen molar-refractivity contribution in [2.24, 2.45) is 5.10 Å². The van der Waals surface area contributed by atoms with Crippen LogP contribution in [0.3, 0.4) is 0 Å². The Balaban J connectivity index is 2.47. The highest BCUT2D eigenvalue weighted by Gasteiger charge is 2.16. The molecule has 8 heteroatoms. The minimum Gasteiger partial charge on any atom is -0.493 e. The van der Waals surface area contributed by atoms with Crippen LogP contribution in [0.25, 0.3) is 0 Å². The molecule has 0 aliphatic heterocycles. The molecule has 1 aromatic heterocycles. The molecule has 1 heterocycles. The Morgan fingerprint density at radius 2 is 2.05 bits per heavy atom. The molecule has 0 aliphatic rings. The quantitative estimate of drug-likeness (QED) is 0.875. The van der Waals surface area contributed by atoms with Crippen molar-refractivity contribution in [3.63, 3.8) is 0 Å². The molecule has 0 spiro atoms. The van der Waals surface area contributed by atoms with Crippen LogP contribution >= 0.6 is 23.2 Å². The van der Waals surface area contributed by atoms with Gasteiger partial charge in [-0.05, 0) is 6.92 Å². The van der Waals surface area contributed by atoms with E-state index in [0.717, 1.165) is 5.69 Å². The molecule has 0 radical (unpaired) electrons. The Kier molecular flexibility index (Phi) is 4.59. The van der Waals surface area contributed by atoms with Gasteiger partial charge in [0.2, 0.25) is 5.95 Å². The molecule has 0 saturated carbocycles. The summed E-state index contributed by atoms with van der Waals surface area (Å²) in [5.41, 5.74) is 6.97. The fourth-order valence-electron chi connectivity index (χ4n) is 1.77. The summed E-state index contributed by atoms with van der Waals surface area (Å²) in [6, 6.07) is 1.61. The molecule has 2 N–H and O–H groups in total. The van der Waals surface area contributed by atoms with E-state index < -0.39 is 0 Å². The van der Waals surface area contributed by atoms with E-state index in [4.69, 9.17) is 38.4 Å². The summed E-state index contributed by atoms with van der Waals surface area (Å²) in [5, 5.41) is 4.88. The number of halogens is 2. The van der Waals surface area contributed by atoms with Gasteiger partial charge >= 0.3 is 0 Å². The molecule has 21 heavy (non-hydrogen) atoms. The van der Waals surface area contributed by atoms with Crippen LogP contribution in [0, 0.1) is 6.92 Å². The van der Waals surface area contributed by atoms with Crippen LogP contribution in [0.2, 0.25) is 10.0 Å². The number of rotatable bonds is 4. The molecule has 0 atom stereocenters. The predicted octanol–water partition coefficient (Wildman–Crippen LogP) is 2.98. The van der Waals surface area contributed by atoms with Crippen LogP contribution in [0.15, 0.2) is 17.4 Å². The maximum absolute atomic E-state index is 6.27. The van der Waals surface area contributed by atoms with E-state index in [2.05, 4.69) is 10.1 Å². The zero-order valence-electron chi connectivity index (χ0n) is 11.7. The average molecular weight is 329 g/mol.